The zero-order valence-electron chi connectivity index (χ0n) is 13.6. The Kier molecular flexibility index (Phi) is 5.50. The second kappa shape index (κ2) is 7.99. The van der Waals surface area contributed by atoms with Crippen molar-refractivity contribution in [1.82, 2.24) is 15.2 Å². The van der Waals surface area contributed by atoms with Crippen molar-refractivity contribution >= 4 is 57.9 Å². The summed E-state index contributed by atoms with van der Waals surface area (Å²) in [6, 6.07) is 12.3. The Bertz CT molecular complexity index is 913. The first-order chi connectivity index (χ1) is 12.5. The van der Waals surface area contributed by atoms with Gasteiger partial charge in [0.15, 0.2) is 5.82 Å². The number of nitrogens with one attached hydrogen (secondary N) is 3. The molecule has 1 aromatic heterocycles. The Balaban J connectivity index is 1.74. The monoisotopic (exact) mass is 388 g/mol. The number of amides is 1. The third-order valence-corrected chi connectivity index (χ3v) is 3.87. The lowest BCUT2D eigenvalue weighted by atomic mass is 10.3. The first-order valence-corrected chi connectivity index (χ1v) is 8.32. The van der Waals surface area contributed by atoms with Crippen LogP contribution in [0.4, 0.5) is 28.8 Å². The van der Waals surface area contributed by atoms with Gasteiger partial charge in [0.2, 0.25) is 11.9 Å². The van der Waals surface area contributed by atoms with E-state index in [-0.39, 0.29) is 11.9 Å². The van der Waals surface area contributed by atoms with Crippen LogP contribution in [-0.2, 0) is 4.79 Å². The molecule has 1 heterocycles. The number of aromatic nitrogens is 3. The van der Waals surface area contributed by atoms with Crippen molar-refractivity contribution in [2.45, 2.75) is 6.92 Å². The van der Waals surface area contributed by atoms with E-state index in [2.05, 4.69) is 31.1 Å². The number of carbonyl (C=O) groups excluding carboxylic acids is 1. The lowest BCUT2D eigenvalue weighted by Crippen LogP contribution is -2.05. The van der Waals surface area contributed by atoms with Gasteiger partial charge in [-0.3, -0.25) is 4.79 Å². The molecular formula is C17H14Cl2N6O. The number of nitrogens with zero attached hydrogens (tertiary/aromatic N) is 3. The second-order valence-electron chi connectivity index (χ2n) is 5.27. The number of hydrogen-bond acceptors (Lipinski definition) is 6. The fourth-order valence-electron chi connectivity index (χ4n) is 2.13. The van der Waals surface area contributed by atoms with Crippen LogP contribution >= 0.6 is 23.2 Å². The molecule has 2 aromatic carbocycles. The molecule has 7 nitrogen and oxygen atoms in total. The molecule has 0 aliphatic rings. The van der Waals surface area contributed by atoms with Gasteiger partial charge in [0, 0.05) is 18.3 Å². The Hall–Kier alpha value is -2.90. The SMILES string of the molecule is CC(=O)Nc1ccc(Nc2cnnc(Nc3c(Cl)cccc3Cl)n2)cc1. The molecule has 0 bridgehead atoms. The largest absolute Gasteiger partial charge is 0.339 e. The van der Waals surface area contributed by atoms with Crippen LogP contribution in [0, 0.1) is 0 Å². The minimum Gasteiger partial charge on any atom is -0.339 e. The van der Waals surface area contributed by atoms with E-state index >= 15 is 0 Å². The fourth-order valence-corrected chi connectivity index (χ4v) is 2.63. The number of hydrogen-bond donors (Lipinski definition) is 3. The summed E-state index contributed by atoms with van der Waals surface area (Å²) in [4.78, 5) is 15.4. The van der Waals surface area contributed by atoms with Gasteiger partial charge < -0.3 is 16.0 Å². The second-order valence-corrected chi connectivity index (χ2v) is 6.08. The van der Waals surface area contributed by atoms with E-state index in [9.17, 15) is 4.79 Å². The van der Waals surface area contributed by atoms with Gasteiger partial charge in [-0.15, -0.1) is 5.10 Å². The van der Waals surface area contributed by atoms with E-state index in [4.69, 9.17) is 23.2 Å². The van der Waals surface area contributed by atoms with Crippen LogP contribution < -0.4 is 16.0 Å². The molecule has 9 heteroatoms. The van der Waals surface area contributed by atoms with E-state index in [1.807, 2.05) is 12.1 Å². The predicted octanol–water partition coefficient (Wildman–Crippen LogP) is 4.62. The molecule has 1 amide bonds. The Morgan fingerprint density at radius 2 is 1.62 bits per heavy atom. The minimum atomic E-state index is -0.125. The highest BCUT2D eigenvalue weighted by Gasteiger charge is 2.08. The third-order valence-electron chi connectivity index (χ3n) is 3.24. The molecule has 0 aliphatic carbocycles. The van der Waals surface area contributed by atoms with Crippen LogP contribution in [0.15, 0.2) is 48.7 Å². The Morgan fingerprint density at radius 1 is 0.962 bits per heavy atom. The van der Waals surface area contributed by atoms with Crippen molar-refractivity contribution in [2.75, 3.05) is 16.0 Å². The molecule has 0 saturated carbocycles. The molecule has 0 saturated heterocycles. The van der Waals surface area contributed by atoms with Gasteiger partial charge in [-0.2, -0.15) is 10.1 Å². The van der Waals surface area contributed by atoms with Crippen LogP contribution in [0.3, 0.4) is 0 Å². The summed E-state index contributed by atoms with van der Waals surface area (Å²) in [7, 11) is 0. The first-order valence-electron chi connectivity index (χ1n) is 7.57. The normalized spacial score (nSPS) is 10.3. The average molecular weight is 389 g/mol. The topological polar surface area (TPSA) is 91.8 Å². The molecule has 0 radical (unpaired) electrons. The van der Waals surface area contributed by atoms with Crippen LogP contribution in [-0.4, -0.2) is 21.1 Å². The summed E-state index contributed by atoms with van der Waals surface area (Å²) in [5.74, 6) is 0.609. The van der Waals surface area contributed by atoms with Gasteiger partial charge in [-0.25, -0.2) is 0 Å². The molecule has 132 valence electrons. The molecule has 0 aliphatic heterocycles. The van der Waals surface area contributed by atoms with Gasteiger partial charge in [-0.05, 0) is 36.4 Å². The smallest absolute Gasteiger partial charge is 0.249 e. The molecule has 0 spiro atoms. The minimum absolute atomic E-state index is 0.125. The lowest BCUT2D eigenvalue weighted by molar-refractivity contribution is -0.114. The van der Waals surface area contributed by atoms with Crippen molar-refractivity contribution < 1.29 is 4.79 Å². The number of carbonyl (C=O) groups is 1. The highest BCUT2D eigenvalue weighted by atomic mass is 35.5. The molecule has 0 unspecified atom stereocenters. The predicted molar refractivity (Wildman–Crippen MR) is 104 cm³/mol. The van der Waals surface area contributed by atoms with Crippen LogP contribution in [0.5, 0.6) is 0 Å². The zero-order valence-corrected chi connectivity index (χ0v) is 15.1. The quantitative estimate of drug-likeness (QED) is 0.590. The van der Waals surface area contributed by atoms with Gasteiger partial charge in [-0.1, -0.05) is 29.3 Å². The van der Waals surface area contributed by atoms with Crippen molar-refractivity contribution in [3.8, 4) is 0 Å². The van der Waals surface area contributed by atoms with Crippen molar-refractivity contribution in [2.24, 2.45) is 0 Å². The summed E-state index contributed by atoms with van der Waals surface area (Å²) < 4.78 is 0. The number of halogens is 2. The molecule has 26 heavy (non-hydrogen) atoms. The van der Waals surface area contributed by atoms with Crippen LogP contribution in [0.2, 0.25) is 10.0 Å². The van der Waals surface area contributed by atoms with Gasteiger partial charge in [0.1, 0.15) is 0 Å². The van der Waals surface area contributed by atoms with E-state index in [1.54, 1.807) is 30.3 Å². The van der Waals surface area contributed by atoms with E-state index in [0.29, 0.717) is 27.2 Å². The van der Waals surface area contributed by atoms with E-state index in [1.165, 1.54) is 13.1 Å². The maximum absolute atomic E-state index is 11.0. The van der Waals surface area contributed by atoms with Crippen molar-refractivity contribution in [3.63, 3.8) is 0 Å². The summed E-state index contributed by atoms with van der Waals surface area (Å²) >= 11 is 12.3. The Labute approximate surface area is 159 Å². The molecule has 0 fully saturated rings. The average Bonchev–Trinajstić information content (AvgIpc) is 2.60. The van der Waals surface area contributed by atoms with Gasteiger partial charge >= 0.3 is 0 Å². The number of para-hydroxylation sites is 1. The molecular weight excluding hydrogens is 375 g/mol. The first kappa shape index (κ1) is 17.9. The summed E-state index contributed by atoms with van der Waals surface area (Å²) in [6.07, 6.45) is 1.49. The molecule has 3 rings (SSSR count). The maximum atomic E-state index is 11.0. The zero-order chi connectivity index (χ0) is 18.5. The fraction of sp³-hybridized carbons (Fsp3) is 0.0588. The summed E-state index contributed by atoms with van der Waals surface area (Å²) in [6.45, 7) is 1.46. The lowest BCUT2D eigenvalue weighted by Gasteiger charge is -2.10. The highest BCUT2D eigenvalue weighted by molar-refractivity contribution is 6.39. The molecule has 3 aromatic rings. The molecule has 0 atom stereocenters. The van der Waals surface area contributed by atoms with Gasteiger partial charge in [0.25, 0.3) is 0 Å². The van der Waals surface area contributed by atoms with Crippen molar-refractivity contribution in [1.29, 1.82) is 0 Å². The summed E-state index contributed by atoms with van der Waals surface area (Å²) in [5.41, 5.74) is 2.00. The number of benzene rings is 2. The van der Waals surface area contributed by atoms with Crippen LogP contribution in [0.25, 0.3) is 0 Å². The summed E-state index contributed by atoms with van der Waals surface area (Å²) in [5, 5.41) is 17.5. The maximum Gasteiger partial charge on any atom is 0.249 e. The van der Waals surface area contributed by atoms with Crippen molar-refractivity contribution in [3.05, 3.63) is 58.7 Å². The van der Waals surface area contributed by atoms with Crippen LogP contribution in [0.1, 0.15) is 6.92 Å². The Morgan fingerprint density at radius 3 is 2.27 bits per heavy atom. The third kappa shape index (κ3) is 4.59. The highest BCUT2D eigenvalue weighted by Crippen LogP contribution is 2.31. The number of rotatable bonds is 5. The molecule has 3 N–H and O–H groups in total. The van der Waals surface area contributed by atoms with Gasteiger partial charge in [0.05, 0.1) is 21.9 Å². The number of anilines is 5. The van der Waals surface area contributed by atoms with E-state index < -0.39 is 0 Å². The van der Waals surface area contributed by atoms with E-state index in [0.717, 1.165) is 5.69 Å². The standard InChI is InChI=1S/C17H14Cl2N6O/c1-10(26)21-11-5-7-12(8-6-11)22-15-9-20-25-17(23-15)24-16-13(18)3-2-4-14(16)19/h2-9H,1H3,(H,21,26)(H2,22,23,24,25).